The molecule has 2 nitrogen and oxygen atoms in total. The molecule has 1 heterocycles. The predicted octanol–water partition coefficient (Wildman–Crippen LogP) is 2.62. The normalized spacial score (nSPS) is 18.9. The highest BCUT2D eigenvalue weighted by Gasteiger charge is 2.51. The minimum absolute atomic E-state index is 0.0183. The van der Waals surface area contributed by atoms with Gasteiger partial charge in [0.25, 0.3) is 0 Å². The zero-order valence-corrected chi connectivity index (χ0v) is 11.6. The van der Waals surface area contributed by atoms with Gasteiger partial charge in [0.1, 0.15) is 0 Å². The quantitative estimate of drug-likeness (QED) is 0.852. The fourth-order valence-electron chi connectivity index (χ4n) is 2.66. The third-order valence-corrected chi connectivity index (χ3v) is 4.29. The summed E-state index contributed by atoms with van der Waals surface area (Å²) >= 11 is 0. The Hall–Kier alpha value is -0.860. The summed E-state index contributed by atoms with van der Waals surface area (Å²) < 4.78 is 5.46. The van der Waals surface area contributed by atoms with Gasteiger partial charge in [0.15, 0.2) is 0 Å². The molecule has 2 heteroatoms. The molecular formula is C15H23NO. The first-order valence-corrected chi connectivity index (χ1v) is 6.23. The molecule has 1 aromatic rings. The Morgan fingerprint density at radius 1 is 1.06 bits per heavy atom. The van der Waals surface area contributed by atoms with E-state index in [1.807, 2.05) is 0 Å². The van der Waals surface area contributed by atoms with Crippen LogP contribution < -0.4 is 5.73 Å². The summed E-state index contributed by atoms with van der Waals surface area (Å²) in [4.78, 5) is 0. The summed E-state index contributed by atoms with van der Waals surface area (Å²) in [5.74, 6) is 0. The van der Waals surface area contributed by atoms with Gasteiger partial charge in [-0.25, -0.2) is 0 Å². The maximum absolute atomic E-state index is 6.38. The molecule has 2 rings (SSSR count). The summed E-state index contributed by atoms with van der Waals surface area (Å²) in [5.41, 5.74) is 11.5. The first-order valence-electron chi connectivity index (χ1n) is 6.23. The summed E-state index contributed by atoms with van der Waals surface area (Å²) in [6.07, 6.45) is 0. The van der Waals surface area contributed by atoms with Crippen LogP contribution in [0.1, 0.15) is 36.1 Å². The molecule has 1 fully saturated rings. The number of hydrogen-bond donors (Lipinski definition) is 1. The number of hydrogen-bond acceptors (Lipinski definition) is 2. The van der Waals surface area contributed by atoms with Crippen molar-refractivity contribution >= 4 is 0 Å². The lowest BCUT2D eigenvalue weighted by Gasteiger charge is -2.51. The van der Waals surface area contributed by atoms with Gasteiger partial charge in [-0.15, -0.1) is 0 Å². The van der Waals surface area contributed by atoms with Crippen molar-refractivity contribution in [3.63, 3.8) is 0 Å². The van der Waals surface area contributed by atoms with Crippen molar-refractivity contribution in [1.82, 2.24) is 0 Å². The van der Waals surface area contributed by atoms with Gasteiger partial charge in [-0.1, -0.05) is 12.1 Å². The minimum atomic E-state index is -0.252. The van der Waals surface area contributed by atoms with Gasteiger partial charge in [-0.3, -0.25) is 0 Å². The molecule has 0 radical (unpaired) electrons. The molecule has 0 bridgehead atoms. The van der Waals surface area contributed by atoms with Crippen LogP contribution in [-0.2, 0) is 10.2 Å². The van der Waals surface area contributed by atoms with Crippen LogP contribution in [0.25, 0.3) is 0 Å². The first kappa shape index (κ1) is 12.6. The van der Waals surface area contributed by atoms with Crippen LogP contribution in [0.4, 0.5) is 0 Å². The molecule has 1 saturated heterocycles. The minimum Gasteiger partial charge on any atom is -0.379 e. The van der Waals surface area contributed by atoms with E-state index in [0.29, 0.717) is 0 Å². The molecule has 0 atom stereocenters. The number of benzene rings is 1. The van der Waals surface area contributed by atoms with Crippen molar-refractivity contribution < 1.29 is 4.74 Å². The van der Waals surface area contributed by atoms with Crippen LogP contribution in [0.3, 0.4) is 0 Å². The molecule has 2 N–H and O–H groups in total. The van der Waals surface area contributed by atoms with E-state index >= 15 is 0 Å². The van der Waals surface area contributed by atoms with Gasteiger partial charge >= 0.3 is 0 Å². The van der Waals surface area contributed by atoms with Gasteiger partial charge in [0.2, 0.25) is 0 Å². The second-order valence-electron chi connectivity index (χ2n) is 6.05. The fourth-order valence-corrected chi connectivity index (χ4v) is 2.66. The number of ether oxygens (including phenoxy) is 1. The molecule has 0 aromatic heterocycles. The van der Waals surface area contributed by atoms with Crippen molar-refractivity contribution in [3.05, 3.63) is 34.4 Å². The lowest BCUT2D eigenvalue weighted by atomic mass is 9.64. The Kier molecular flexibility index (Phi) is 2.83. The molecule has 94 valence electrons. The molecule has 0 unspecified atom stereocenters. The highest BCUT2D eigenvalue weighted by Crippen LogP contribution is 2.42. The van der Waals surface area contributed by atoms with Crippen molar-refractivity contribution in [3.8, 4) is 0 Å². The summed E-state index contributed by atoms with van der Waals surface area (Å²) in [5, 5.41) is 0. The Morgan fingerprint density at radius 2 is 1.59 bits per heavy atom. The highest BCUT2D eigenvalue weighted by molar-refractivity contribution is 5.44. The molecule has 0 aliphatic carbocycles. The zero-order chi connectivity index (χ0) is 12.8. The standard InChI is InChI=1S/C15H23NO/c1-10-6-12(3)13(7-11(10)2)15(8-17-9-15)14(4,5)16/h6-7H,8-9,16H2,1-5H3. The second kappa shape index (κ2) is 3.82. The molecular weight excluding hydrogens is 210 g/mol. The maximum atomic E-state index is 6.38. The molecule has 0 amide bonds. The lowest BCUT2D eigenvalue weighted by molar-refractivity contribution is -0.0922. The van der Waals surface area contributed by atoms with E-state index in [4.69, 9.17) is 10.5 Å². The van der Waals surface area contributed by atoms with Crippen LogP contribution in [0.5, 0.6) is 0 Å². The van der Waals surface area contributed by atoms with Gasteiger partial charge in [-0.05, 0) is 56.9 Å². The smallest absolute Gasteiger partial charge is 0.0603 e. The zero-order valence-electron chi connectivity index (χ0n) is 11.6. The van der Waals surface area contributed by atoms with Crippen LogP contribution in [0.2, 0.25) is 0 Å². The van der Waals surface area contributed by atoms with Crippen molar-refractivity contribution in [1.29, 1.82) is 0 Å². The summed E-state index contributed by atoms with van der Waals surface area (Å²) in [6.45, 7) is 12.2. The van der Waals surface area contributed by atoms with E-state index in [2.05, 4.69) is 46.8 Å². The Bertz CT molecular complexity index is 439. The molecule has 1 aliphatic heterocycles. The van der Waals surface area contributed by atoms with E-state index in [-0.39, 0.29) is 11.0 Å². The Balaban J connectivity index is 2.56. The summed E-state index contributed by atoms with van der Waals surface area (Å²) in [6, 6.07) is 4.55. The number of nitrogens with two attached hydrogens (primary N) is 1. The van der Waals surface area contributed by atoms with E-state index < -0.39 is 0 Å². The van der Waals surface area contributed by atoms with Crippen LogP contribution in [-0.4, -0.2) is 18.8 Å². The third kappa shape index (κ3) is 1.80. The average molecular weight is 233 g/mol. The van der Waals surface area contributed by atoms with Crippen LogP contribution in [0, 0.1) is 20.8 Å². The monoisotopic (exact) mass is 233 g/mol. The number of rotatable bonds is 2. The van der Waals surface area contributed by atoms with E-state index in [9.17, 15) is 0 Å². The van der Waals surface area contributed by atoms with Gasteiger partial charge < -0.3 is 10.5 Å². The van der Waals surface area contributed by atoms with E-state index in [1.165, 1.54) is 22.3 Å². The third-order valence-electron chi connectivity index (χ3n) is 4.29. The van der Waals surface area contributed by atoms with Gasteiger partial charge in [-0.2, -0.15) is 0 Å². The highest BCUT2D eigenvalue weighted by atomic mass is 16.5. The van der Waals surface area contributed by atoms with E-state index in [0.717, 1.165) is 13.2 Å². The summed E-state index contributed by atoms with van der Waals surface area (Å²) in [7, 11) is 0. The van der Waals surface area contributed by atoms with Crippen LogP contribution >= 0.6 is 0 Å². The van der Waals surface area contributed by atoms with E-state index in [1.54, 1.807) is 0 Å². The van der Waals surface area contributed by atoms with Crippen molar-refractivity contribution in [2.24, 2.45) is 5.73 Å². The first-order chi connectivity index (χ1) is 7.78. The number of aryl methyl sites for hydroxylation is 3. The lowest BCUT2D eigenvalue weighted by Crippen LogP contribution is -2.65. The molecule has 0 saturated carbocycles. The molecule has 1 aromatic carbocycles. The van der Waals surface area contributed by atoms with Crippen molar-refractivity contribution in [2.45, 2.75) is 45.6 Å². The Morgan fingerprint density at radius 3 is 2.00 bits per heavy atom. The topological polar surface area (TPSA) is 35.2 Å². The maximum Gasteiger partial charge on any atom is 0.0603 e. The SMILES string of the molecule is Cc1cc(C)c(C2(C(C)(C)N)COC2)cc1C. The van der Waals surface area contributed by atoms with Gasteiger partial charge in [0, 0.05) is 5.54 Å². The largest absolute Gasteiger partial charge is 0.379 e. The predicted molar refractivity (Wildman–Crippen MR) is 71.4 cm³/mol. The average Bonchev–Trinajstić information content (AvgIpc) is 2.09. The fraction of sp³-hybridized carbons (Fsp3) is 0.600. The Labute approximate surface area is 104 Å². The second-order valence-corrected chi connectivity index (χ2v) is 6.05. The molecule has 0 spiro atoms. The van der Waals surface area contributed by atoms with Crippen LogP contribution in [0.15, 0.2) is 12.1 Å². The van der Waals surface area contributed by atoms with Crippen molar-refractivity contribution in [2.75, 3.05) is 13.2 Å². The molecule has 17 heavy (non-hydrogen) atoms. The van der Waals surface area contributed by atoms with Gasteiger partial charge in [0.05, 0.1) is 18.6 Å². The molecule has 1 aliphatic rings.